The Balaban J connectivity index is 2.06. The third-order valence-electron chi connectivity index (χ3n) is 3.38. The number of nitrogens with two attached hydrogens (primary N) is 1. The molecule has 1 aliphatic carbocycles. The number of benzene rings is 1. The summed E-state index contributed by atoms with van der Waals surface area (Å²) in [7, 11) is 0. The fourth-order valence-corrected chi connectivity index (χ4v) is 2.64. The predicted octanol–water partition coefficient (Wildman–Crippen LogP) is 3.80. The van der Waals surface area contributed by atoms with Crippen LogP contribution in [0.5, 0.6) is 0 Å². The molecule has 1 aromatic rings. The number of hydrogen-bond acceptors (Lipinski definition) is 2. The van der Waals surface area contributed by atoms with Crippen LogP contribution in [0, 0.1) is 0 Å². The standard InChI is InChI=1S/C14H21BrN2/c1-2-3-9-17(11-7-8-11)10-12-13(15)5-4-6-14(12)16/h4-6,11H,2-3,7-10,16H2,1H3. The van der Waals surface area contributed by atoms with E-state index in [1.807, 2.05) is 12.1 Å². The summed E-state index contributed by atoms with van der Waals surface area (Å²) in [5.41, 5.74) is 8.21. The zero-order chi connectivity index (χ0) is 12.3. The molecule has 0 aliphatic heterocycles. The number of nitrogens with zero attached hydrogens (tertiary/aromatic N) is 1. The first kappa shape index (κ1) is 12.9. The molecule has 0 bridgehead atoms. The topological polar surface area (TPSA) is 29.3 Å². The van der Waals surface area contributed by atoms with Gasteiger partial charge in [0.1, 0.15) is 0 Å². The maximum atomic E-state index is 6.06. The maximum Gasteiger partial charge on any atom is 0.0371 e. The molecule has 0 radical (unpaired) electrons. The number of halogens is 1. The third kappa shape index (κ3) is 3.46. The second-order valence-electron chi connectivity index (χ2n) is 4.86. The van der Waals surface area contributed by atoms with Crippen LogP contribution in [0.2, 0.25) is 0 Å². The van der Waals surface area contributed by atoms with Crippen molar-refractivity contribution in [2.24, 2.45) is 0 Å². The molecular weight excluding hydrogens is 276 g/mol. The second kappa shape index (κ2) is 5.87. The largest absolute Gasteiger partial charge is 0.398 e. The smallest absolute Gasteiger partial charge is 0.0371 e. The van der Waals surface area contributed by atoms with Gasteiger partial charge in [-0.2, -0.15) is 0 Å². The van der Waals surface area contributed by atoms with Crippen LogP contribution in [0.1, 0.15) is 38.2 Å². The van der Waals surface area contributed by atoms with Gasteiger partial charge >= 0.3 is 0 Å². The van der Waals surface area contributed by atoms with Gasteiger partial charge in [-0.1, -0.05) is 35.3 Å². The predicted molar refractivity (Wildman–Crippen MR) is 76.9 cm³/mol. The quantitative estimate of drug-likeness (QED) is 0.809. The SMILES string of the molecule is CCCCN(Cc1c(N)cccc1Br)C1CC1. The van der Waals surface area contributed by atoms with E-state index >= 15 is 0 Å². The van der Waals surface area contributed by atoms with Crippen molar-refractivity contribution in [3.8, 4) is 0 Å². The summed E-state index contributed by atoms with van der Waals surface area (Å²) in [6.45, 7) is 4.43. The van der Waals surface area contributed by atoms with Gasteiger partial charge in [0.2, 0.25) is 0 Å². The van der Waals surface area contributed by atoms with Crippen LogP contribution in [0.25, 0.3) is 0 Å². The lowest BCUT2D eigenvalue weighted by Crippen LogP contribution is -2.27. The molecule has 94 valence electrons. The Morgan fingerprint density at radius 2 is 2.18 bits per heavy atom. The van der Waals surface area contributed by atoms with E-state index in [0.717, 1.165) is 22.7 Å². The lowest BCUT2D eigenvalue weighted by atomic mass is 10.1. The van der Waals surface area contributed by atoms with E-state index < -0.39 is 0 Å². The second-order valence-corrected chi connectivity index (χ2v) is 5.72. The Morgan fingerprint density at radius 1 is 1.41 bits per heavy atom. The van der Waals surface area contributed by atoms with Crippen molar-refractivity contribution < 1.29 is 0 Å². The molecule has 0 heterocycles. The van der Waals surface area contributed by atoms with Crippen LogP contribution in [0.3, 0.4) is 0 Å². The zero-order valence-corrected chi connectivity index (χ0v) is 12.0. The Bertz CT molecular complexity index is 354. The Kier molecular flexibility index (Phi) is 4.46. The molecule has 1 saturated carbocycles. The summed E-state index contributed by atoms with van der Waals surface area (Å²) in [5.74, 6) is 0. The minimum Gasteiger partial charge on any atom is -0.398 e. The maximum absolute atomic E-state index is 6.06. The Hall–Kier alpha value is -0.540. The number of hydrogen-bond donors (Lipinski definition) is 1. The first-order valence-corrected chi connectivity index (χ1v) is 7.28. The van der Waals surface area contributed by atoms with E-state index in [2.05, 4.69) is 33.8 Å². The van der Waals surface area contributed by atoms with E-state index in [0.29, 0.717) is 0 Å². The van der Waals surface area contributed by atoms with Gasteiger partial charge in [0.25, 0.3) is 0 Å². The van der Waals surface area contributed by atoms with Crippen LogP contribution >= 0.6 is 15.9 Å². The van der Waals surface area contributed by atoms with Gasteiger partial charge in [-0.25, -0.2) is 0 Å². The fraction of sp³-hybridized carbons (Fsp3) is 0.571. The van der Waals surface area contributed by atoms with Crippen LogP contribution in [-0.2, 0) is 6.54 Å². The molecule has 2 rings (SSSR count). The molecule has 3 heteroatoms. The summed E-state index contributed by atoms with van der Waals surface area (Å²) in [6.07, 6.45) is 5.25. The normalized spacial score (nSPS) is 15.5. The average Bonchev–Trinajstić information content (AvgIpc) is 3.12. The fourth-order valence-electron chi connectivity index (χ4n) is 2.14. The summed E-state index contributed by atoms with van der Waals surface area (Å²) < 4.78 is 1.14. The summed E-state index contributed by atoms with van der Waals surface area (Å²) in [5, 5.41) is 0. The van der Waals surface area contributed by atoms with E-state index in [1.165, 1.54) is 37.8 Å². The molecule has 0 atom stereocenters. The van der Waals surface area contributed by atoms with E-state index in [4.69, 9.17) is 5.73 Å². The van der Waals surface area contributed by atoms with Crippen molar-refractivity contribution in [1.82, 2.24) is 4.90 Å². The van der Waals surface area contributed by atoms with Crippen LogP contribution in [0.15, 0.2) is 22.7 Å². The number of anilines is 1. The Morgan fingerprint density at radius 3 is 2.76 bits per heavy atom. The van der Waals surface area contributed by atoms with Gasteiger partial charge in [0.05, 0.1) is 0 Å². The monoisotopic (exact) mass is 296 g/mol. The average molecular weight is 297 g/mol. The van der Waals surface area contributed by atoms with Crippen molar-refractivity contribution in [2.45, 2.75) is 45.2 Å². The molecule has 0 amide bonds. The van der Waals surface area contributed by atoms with Gasteiger partial charge in [-0.15, -0.1) is 0 Å². The van der Waals surface area contributed by atoms with Crippen molar-refractivity contribution in [1.29, 1.82) is 0 Å². The van der Waals surface area contributed by atoms with Gasteiger partial charge in [-0.05, 0) is 37.9 Å². The molecule has 1 fully saturated rings. The van der Waals surface area contributed by atoms with Crippen LogP contribution in [-0.4, -0.2) is 17.5 Å². The third-order valence-corrected chi connectivity index (χ3v) is 4.12. The molecule has 0 spiro atoms. The minimum absolute atomic E-state index is 0.799. The molecule has 0 aromatic heterocycles. The highest BCUT2D eigenvalue weighted by Crippen LogP contribution is 2.31. The highest BCUT2D eigenvalue weighted by Gasteiger charge is 2.29. The molecular formula is C14H21BrN2. The molecule has 2 N–H and O–H groups in total. The lowest BCUT2D eigenvalue weighted by Gasteiger charge is -2.23. The van der Waals surface area contributed by atoms with Crippen molar-refractivity contribution in [3.63, 3.8) is 0 Å². The van der Waals surface area contributed by atoms with E-state index in [-0.39, 0.29) is 0 Å². The van der Waals surface area contributed by atoms with E-state index in [1.54, 1.807) is 0 Å². The molecule has 0 unspecified atom stereocenters. The Labute approximate surface area is 112 Å². The van der Waals surface area contributed by atoms with Gasteiger partial charge in [-0.3, -0.25) is 4.90 Å². The van der Waals surface area contributed by atoms with Crippen LogP contribution in [0.4, 0.5) is 5.69 Å². The number of rotatable bonds is 6. The number of unbranched alkanes of at least 4 members (excludes halogenated alkanes) is 1. The van der Waals surface area contributed by atoms with Crippen molar-refractivity contribution in [2.75, 3.05) is 12.3 Å². The molecule has 2 nitrogen and oxygen atoms in total. The van der Waals surface area contributed by atoms with Gasteiger partial charge < -0.3 is 5.73 Å². The molecule has 1 aliphatic rings. The summed E-state index contributed by atoms with van der Waals surface area (Å²) >= 11 is 3.61. The van der Waals surface area contributed by atoms with Crippen molar-refractivity contribution >= 4 is 21.6 Å². The highest BCUT2D eigenvalue weighted by molar-refractivity contribution is 9.10. The lowest BCUT2D eigenvalue weighted by molar-refractivity contribution is 0.250. The first-order chi connectivity index (χ1) is 8.22. The first-order valence-electron chi connectivity index (χ1n) is 6.49. The van der Waals surface area contributed by atoms with Gasteiger partial charge in [0, 0.05) is 28.3 Å². The number of nitrogen functional groups attached to an aromatic ring is 1. The summed E-state index contributed by atoms with van der Waals surface area (Å²) in [6, 6.07) is 6.87. The zero-order valence-electron chi connectivity index (χ0n) is 10.5. The minimum atomic E-state index is 0.799. The van der Waals surface area contributed by atoms with Gasteiger partial charge in [0.15, 0.2) is 0 Å². The van der Waals surface area contributed by atoms with Crippen molar-refractivity contribution in [3.05, 3.63) is 28.2 Å². The van der Waals surface area contributed by atoms with Crippen LogP contribution < -0.4 is 5.73 Å². The highest BCUT2D eigenvalue weighted by atomic mass is 79.9. The molecule has 17 heavy (non-hydrogen) atoms. The molecule has 0 saturated heterocycles. The summed E-state index contributed by atoms with van der Waals surface area (Å²) in [4.78, 5) is 2.58. The molecule has 1 aromatic carbocycles. The van der Waals surface area contributed by atoms with E-state index in [9.17, 15) is 0 Å².